The smallest absolute Gasteiger partial charge is 0.224 e. The Balaban J connectivity index is 2.44. The Morgan fingerprint density at radius 2 is 2.15 bits per heavy atom. The zero-order chi connectivity index (χ0) is 15.0. The fourth-order valence-electron chi connectivity index (χ4n) is 2.04. The lowest BCUT2D eigenvalue weighted by atomic mass is 10.2. The van der Waals surface area contributed by atoms with Gasteiger partial charge in [0.2, 0.25) is 5.91 Å². The van der Waals surface area contributed by atoms with Gasteiger partial charge in [0.25, 0.3) is 0 Å². The Morgan fingerprint density at radius 1 is 1.40 bits per heavy atom. The number of amides is 1. The van der Waals surface area contributed by atoms with Crippen LogP contribution in [0.2, 0.25) is 0 Å². The zero-order valence-corrected chi connectivity index (χ0v) is 12.6. The predicted octanol–water partition coefficient (Wildman–Crippen LogP) is 2.34. The molecule has 0 fully saturated rings. The number of nitrogens with one attached hydrogen (secondary N) is 1. The molecule has 0 heterocycles. The number of anilines is 2. The first kappa shape index (κ1) is 16.3. The lowest BCUT2D eigenvalue weighted by molar-refractivity contribution is -0.116. The van der Waals surface area contributed by atoms with Gasteiger partial charge in [-0.25, -0.2) is 0 Å². The van der Waals surface area contributed by atoms with Crippen molar-refractivity contribution in [3.05, 3.63) is 18.2 Å². The minimum absolute atomic E-state index is 0.0150. The second-order valence-corrected chi connectivity index (χ2v) is 4.91. The molecule has 3 N–H and O–H groups in total. The maximum absolute atomic E-state index is 11.9. The third-order valence-electron chi connectivity index (χ3n) is 3.05. The molecule has 0 aliphatic heterocycles. The summed E-state index contributed by atoms with van der Waals surface area (Å²) in [7, 11) is 3.64. The number of rotatable bonds is 8. The lowest BCUT2D eigenvalue weighted by Gasteiger charge is -2.15. The highest BCUT2D eigenvalue weighted by Crippen LogP contribution is 2.26. The first-order valence-corrected chi connectivity index (χ1v) is 6.98. The van der Waals surface area contributed by atoms with E-state index in [1.807, 2.05) is 0 Å². The highest BCUT2D eigenvalue weighted by atomic mass is 16.5. The normalized spacial score (nSPS) is 10.6. The van der Waals surface area contributed by atoms with Crippen LogP contribution < -0.4 is 15.8 Å². The van der Waals surface area contributed by atoms with E-state index in [-0.39, 0.29) is 5.91 Å². The van der Waals surface area contributed by atoms with E-state index in [1.54, 1.807) is 25.3 Å². The molecule has 1 aromatic carbocycles. The van der Waals surface area contributed by atoms with Crippen LogP contribution >= 0.6 is 0 Å². The summed E-state index contributed by atoms with van der Waals surface area (Å²) in [5, 5.41) is 2.85. The Kier molecular flexibility index (Phi) is 6.87. The Morgan fingerprint density at radius 3 is 2.80 bits per heavy atom. The summed E-state index contributed by atoms with van der Waals surface area (Å²) in [6, 6.07) is 5.20. The lowest BCUT2D eigenvalue weighted by Crippen LogP contribution is -2.22. The maximum atomic E-state index is 11.9. The Hall–Kier alpha value is -1.75. The van der Waals surface area contributed by atoms with Gasteiger partial charge in [0, 0.05) is 12.1 Å². The van der Waals surface area contributed by atoms with Gasteiger partial charge >= 0.3 is 0 Å². The summed E-state index contributed by atoms with van der Waals surface area (Å²) < 4.78 is 5.20. The minimum Gasteiger partial charge on any atom is -0.495 e. The monoisotopic (exact) mass is 279 g/mol. The van der Waals surface area contributed by atoms with Crippen LogP contribution in [-0.4, -0.2) is 38.1 Å². The van der Waals surface area contributed by atoms with Crippen molar-refractivity contribution in [2.24, 2.45) is 0 Å². The quantitative estimate of drug-likeness (QED) is 0.717. The van der Waals surface area contributed by atoms with Crippen LogP contribution in [0.4, 0.5) is 11.4 Å². The molecule has 0 aromatic heterocycles. The van der Waals surface area contributed by atoms with Gasteiger partial charge in [-0.15, -0.1) is 0 Å². The number of carbonyl (C=O) groups excluding carboxylic acids is 1. The van der Waals surface area contributed by atoms with Crippen molar-refractivity contribution in [1.82, 2.24) is 4.90 Å². The van der Waals surface area contributed by atoms with Crippen molar-refractivity contribution in [3.63, 3.8) is 0 Å². The maximum Gasteiger partial charge on any atom is 0.224 e. The molecule has 0 unspecified atom stereocenters. The van der Waals surface area contributed by atoms with Gasteiger partial charge in [0.1, 0.15) is 5.75 Å². The molecule has 1 amide bonds. The van der Waals surface area contributed by atoms with Crippen molar-refractivity contribution in [3.8, 4) is 5.75 Å². The Labute approximate surface area is 121 Å². The summed E-state index contributed by atoms with van der Waals surface area (Å²) >= 11 is 0. The summed E-state index contributed by atoms with van der Waals surface area (Å²) in [5.41, 5.74) is 6.94. The summed E-state index contributed by atoms with van der Waals surface area (Å²) in [5.74, 6) is 0.606. The number of nitrogen functional groups attached to an aromatic ring is 1. The molecule has 0 aliphatic carbocycles. The molecule has 20 heavy (non-hydrogen) atoms. The molecule has 0 bridgehead atoms. The fourth-order valence-corrected chi connectivity index (χ4v) is 2.04. The average Bonchev–Trinajstić information content (AvgIpc) is 2.39. The van der Waals surface area contributed by atoms with E-state index < -0.39 is 0 Å². The largest absolute Gasteiger partial charge is 0.495 e. The van der Waals surface area contributed by atoms with E-state index >= 15 is 0 Å². The van der Waals surface area contributed by atoms with Gasteiger partial charge in [0.05, 0.1) is 12.8 Å². The van der Waals surface area contributed by atoms with Gasteiger partial charge in [0.15, 0.2) is 0 Å². The molecule has 1 aromatic rings. The van der Waals surface area contributed by atoms with E-state index in [9.17, 15) is 4.79 Å². The zero-order valence-electron chi connectivity index (χ0n) is 12.6. The molecule has 0 saturated heterocycles. The molecule has 1 rings (SSSR count). The van der Waals surface area contributed by atoms with Crippen molar-refractivity contribution in [2.75, 3.05) is 38.3 Å². The molecule has 5 heteroatoms. The van der Waals surface area contributed by atoms with Gasteiger partial charge in [-0.05, 0) is 51.2 Å². The van der Waals surface area contributed by atoms with E-state index in [0.717, 1.165) is 25.9 Å². The number of hydrogen-bond acceptors (Lipinski definition) is 4. The van der Waals surface area contributed by atoms with Crippen molar-refractivity contribution in [2.45, 2.75) is 26.2 Å². The number of ether oxygens (including phenoxy) is 1. The van der Waals surface area contributed by atoms with Gasteiger partial charge in [-0.2, -0.15) is 0 Å². The van der Waals surface area contributed by atoms with E-state index in [1.165, 1.54) is 0 Å². The van der Waals surface area contributed by atoms with Crippen LogP contribution in [-0.2, 0) is 4.79 Å². The summed E-state index contributed by atoms with van der Waals surface area (Å²) in [6.45, 7) is 4.13. The number of methoxy groups -OCH3 is 1. The van der Waals surface area contributed by atoms with Crippen molar-refractivity contribution < 1.29 is 9.53 Å². The van der Waals surface area contributed by atoms with Crippen LogP contribution in [0.15, 0.2) is 18.2 Å². The third-order valence-corrected chi connectivity index (χ3v) is 3.05. The Bertz CT molecular complexity index is 435. The molecular weight excluding hydrogens is 254 g/mol. The van der Waals surface area contributed by atoms with Crippen LogP contribution in [0, 0.1) is 0 Å². The van der Waals surface area contributed by atoms with Crippen LogP contribution in [0.1, 0.15) is 26.2 Å². The van der Waals surface area contributed by atoms with Gasteiger partial charge in [-0.3, -0.25) is 4.79 Å². The third kappa shape index (κ3) is 5.48. The number of benzene rings is 1. The van der Waals surface area contributed by atoms with Crippen LogP contribution in [0.25, 0.3) is 0 Å². The number of nitrogens with zero attached hydrogens (tertiary/aromatic N) is 1. The average molecular weight is 279 g/mol. The molecule has 0 aliphatic rings. The molecule has 0 saturated carbocycles. The first-order valence-electron chi connectivity index (χ1n) is 6.98. The van der Waals surface area contributed by atoms with Crippen LogP contribution in [0.5, 0.6) is 5.75 Å². The highest BCUT2D eigenvalue weighted by molar-refractivity contribution is 5.92. The molecule has 0 atom stereocenters. The van der Waals surface area contributed by atoms with Crippen LogP contribution in [0.3, 0.4) is 0 Å². The van der Waals surface area contributed by atoms with E-state index in [2.05, 4.69) is 24.2 Å². The first-order chi connectivity index (χ1) is 9.56. The number of carbonyl (C=O) groups is 1. The number of nitrogens with two attached hydrogens (primary N) is 1. The standard InChI is InChI=1S/C15H25N3O2/c1-4-9-18(2)10-5-6-15(19)17-13-11-12(16)7-8-14(13)20-3/h7-8,11H,4-6,9-10,16H2,1-3H3,(H,17,19). The van der Waals surface area contributed by atoms with E-state index in [4.69, 9.17) is 10.5 Å². The second-order valence-electron chi connectivity index (χ2n) is 4.91. The molecule has 0 radical (unpaired) electrons. The minimum atomic E-state index is -0.0150. The van der Waals surface area contributed by atoms with Crippen molar-refractivity contribution in [1.29, 1.82) is 0 Å². The number of hydrogen-bond donors (Lipinski definition) is 2. The topological polar surface area (TPSA) is 67.6 Å². The van der Waals surface area contributed by atoms with Gasteiger partial charge < -0.3 is 20.7 Å². The fraction of sp³-hybridized carbons (Fsp3) is 0.533. The second kappa shape index (κ2) is 8.43. The van der Waals surface area contributed by atoms with E-state index in [0.29, 0.717) is 23.5 Å². The molecule has 5 nitrogen and oxygen atoms in total. The molecule has 0 spiro atoms. The highest BCUT2D eigenvalue weighted by Gasteiger charge is 2.08. The van der Waals surface area contributed by atoms with Gasteiger partial charge in [-0.1, -0.05) is 6.92 Å². The SMILES string of the molecule is CCCN(C)CCCC(=O)Nc1cc(N)ccc1OC. The molecular formula is C15H25N3O2. The summed E-state index contributed by atoms with van der Waals surface area (Å²) in [4.78, 5) is 14.1. The summed E-state index contributed by atoms with van der Waals surface area (Å²) in [6.07, 6.45) is 2.46. The molecule has 112 valence electrons. The predicted molar refractivity (Wildman–Crippen MR) is 83.1 cm³/mol. The van der Waals surface area contributed by atoms with Crippen molar-refractivity contribution >= 4 is 17.3 Å².